The van der Waals surface area contributed by atoms with Gasteiger partial charge < -0.3 is 9.84 Å². The molecule has 0 aromatic rings. The highest BCUT2D eigenvalue weighted by Gasteiger charge is 2.70. The molecule has 3 saturated carbocycles. The van der Waals surface area contributed by atoms with E-state index in [2.05, 4.69) is 27.4 Å². The van der Waals surface area contributed by atoms with Crippen LogP contribution in [0, 0.1) is 22.7 Å². The third-order valence-electron chi connectivity index (χ3n) is 6.30. The molecule has 0 spiro atoms. The molecule has 0 saturated heterocycles. The summed E-state index contributed by atoms with van der Waals surface area (Å²) in [6, 6.07) is 0. The van der Waals surface area contributed by atoms with Gasteiger partial charge in [0.1, 0.15) is 6.10 Å². The Hall–Kier alpha value is -0.830. The molecule has 3 aliphatic rings. The summed E-state index contributed by atoms with van der Waals surface area (Å²) in [4.78, 5) is 11.2. The maximum Gasteiger partial charge on any atom is 0.303 e. The van der Waals surface area contributed by atoms with Gasteiger partial charge in [-0.05, 0) is 48.0 Å². The first kappa shape index (κ1) is 14.1. The zero-order valence-electron chi connectivity index (χ0n) is 13.0. The van der Waals surface area contributed by atoms with Crippen molar-refractivity contribution in [2.45, 2.75) is 65.1 Å². The minimum absolute atomic E-state index is 0.117. The lowest BCUT2D eigenvalue weighted by Gasteiger charge is -2.42. The topological polar surface area (TPSA) is 46.5 Å². The van der Waals surface area contributed by atoms with Crippen molar-refractivity contribution in [3.05, 3.63) is 12.2 Å². The van der Waals surface area contributed by atoms with E-state index in [-0.39, 0.29) is 34.7 Å². The zero-order valence-corrected chi connectivity index (χ0v) is 13.0. The molecule has 0 aromatic heterocycles. The molecule has 1 N–H and O–H groups in total. The van der Waals surface area contributed by atoms with Crippen LogP contribution in [0.5, 0.6) is 0 Å². The van der Waals surface area contributed by atoms with Crippen LogP contribution < -0.4 is 0 Å². The lowest BCUT2D eigenvalue weighted by Crippen LogP contribution is -2.46. The first-order valence-corrected chi connectivity index (χ1v) is 7.70. The van der Waals surface area contributed by atoms with E-state index in [1.807, 2.05) is 0 Å². The van der Waals surface area contributed by atoms with E-state index in [1.165, 1.54) is 13.3 Å². The molecule has 20 heavy (non-hydrogen) atoms. The predicted octanol–water partition coefficient (Wildman–Crippen LogP) is 3.07. The molecule has 0 amide bonds. The summed E-state index contributed by atoms with van der Waals surface area (Å²) in [7, 11) is 0. The van der Waals surface area contributed by atoms with E-state index < -0.39 is 5.60 Å². The van der Waals surface area contributed by atoms with Crippen LogP contribution >= 0.6 is 0 Å². The largest absolute Gasteiger partial charge is 0.458 e. The summed E-state index contributed by atoms with van der Waals surface area (Å²) in [5.41, 5.74) is 0.204. The van der Waals surface area contributed by atoms with Gasteiger partial charge in [-0.3, -0.25) is 4.79 Å². The third-order valence-corrected chi connectivity index (χ3v) is 6.30. The average Bonchev–Trinajstić information content (AvgIpc) is 2.76. The molecule has 3 aliphatic carbocycles. The lowest BCUT2D eigenvalue weighted by molar-refractivity contribution is -0.144. The van der Waals surface area contributed by atoms with Crippen molar-refractivity contribution in [1.82, 2.24) is 0 Å². The van der Waals surface area contributed by atoms with Gasteiger partial charge in [0.15, 0.2) is 0 Å². The van der Waals surface area contributed by atoms with Gasteiger partial charge >= 0.3 is 5.97 Å². The summed E-state index contributed by atoms with van der Waals surface area (Å²) in [6.07, 6.45) is 3.78. The van der Waals surface area contributed by atoms with Crippen molar-refractivity contribution in [1.29, 1.82) is 0 Å². The number of rotatable bonds is 1. The Bertz CT molecular complexity index is 481. The highest BCUT2D eigenvalue weighted by atomic mass is 16.5. The Morgan fingerprint density at radius 2 is 2.00 bits per heavy atom. The maximum absolute atomic E-state index is 11.5. The Kier molecular flexibility index (Phi) is 2.74. The van der Waals surface area contributed by atoms with Gasteiger partial charge in [-0.1, -0.05) is 27.4 Å². The van der Waals surface area contributed by atoms with Crippen LogP contribution in [0.15, 0.2) is 12.2 Å². The smallest absolute Gasteiger partial charge is 0.303 e. The molecule has 5 atom stereocenters. The second kappa shape index (κ2) is 3.88. The van der Waals surface area contributed by atoms with E-state index in [9.17, 15) is 9.90 Å². The van der Waals surface area contributed by atoms with Gasteiger partial charge in [-0.25, -0.2) is 0 Å². The zero-order chi connectivity index (χ0) is 14.9. The Balaban J connectivity index is 1.98. The van der Waals surface area contributed by atoms with Crippen LogP contribution in [0.2, 0.25) is 0 Å². The third kappa shape index (κ3) is 1.59. The van der Waals surface area contributed by atoms with Crippen molar-refractivity contribution in [2.24, 2.45) is 22.7 Å². The monoisotopic (exact) mass is 278 g/mol. The number of esters is 1. The van der Waals surface area contributed by atoms with Crippen LogP contribution in [0.1, 0.15) is 53.4 Å². The second-order valence-electron chi connectivity index (χ2n) is 8.16. The van der Waals surface area contributed by atoms with Crippen molar-refractivity contribution in [3.63, 3.8) is 0 Å². The maximum atomic E-state index is 11.5. The number of hydrogen-bond donors (Lipinski definition) is 1. The molecule has 3 rings (SSSR count). The standard InChI is InChI=1S/C17H26O3/c1-10-13(20-11(2)18)8-12-9-16(5)7-6-15(3,4)14(16)17(10,12)19/h12-14,19H,1,6-9H2,2-5H3/t12?,13-,14?,16-,17+/m0/s1. The van der Waals surface area contributed by atoms with E-state index >= 15 is 0 Å². The molecule has 2 unspecified atom stereocenters. The number of aliphatic hydroxyl groups is 1. The lowest BCUT2D eigenvalue weighted by atomic mass is 9.66. The van der Waals surface area contributed by atoms with Gasteiger partial charge in [0, 0.05) is 12.8 Å². The number of carbonyl (C=O) groups is 1. The molecular formula is C17H26O3. The SMILES string of the molecule is C=C1[C@@H](OC(C)=O)CC2C[C@]3(C)CCC(C)(C)C3[C@@]12O. The van der Waals surface area contributed by atoms with E-state index in [4.69, 9.17) is 4.74 Å². The molecule has 3 fully saturated rings. The van der Waals surface area contributed by atoms with Crippen molar-refractivity contribution < 1.29 is 14.6 Å². The first-order chi connectivity index (χ1) is 9.11. The van der Waals surface area contributed by atoms with E-state index in [1.54, 1.807) is 0 Å². The Labute approximate surface area is 121 Å². The fourth-order valence-corrected chi connectivity index (χ4v) is 5.83. The van der Waals surface area contributed by atoms with Gasteiger partial charge in [-0.15, -0.1) is 0 Å². The molecule has 0 aromatic carbocycles. The fraction of sp³-hybridized carbons (Fsp3) is 0.824. The second-order valence-corrected chi connectivity index (χ2v) is 8.16. The normalized spacial score (nSPS) is 49.0. The number of hydrogen-bond acceptors (Lipinski definition) is 3. The molecule has 0 bridgehead atoms. The van der Waals surface area contributed by atoms with Gasteiger partial charge in [-0.2, -0.15) is 0 Å². The van der Waals surface area contributed by atoms with Gasteiger partial charge in [0.05, 0.1) is 5.60 Å². The minimum Gasteiger partial charge on any atom is -0.458 e. The van der Waals surface area contributed by atoms with Crippen LogP contribution in [0.4, 0.5) is 0 Å². The summed E-state index contributed by atoms with van der Waals surface area (Å²) in [5.74, 6) is 0.127. The summed E-state index contributed by atoms with van der Waals surface area (Å²) in [6.45, 7) is 12.4. The molecule has 112 valence electrons. The van der Waals surface area contributed by atoms with E-state index in [0.29, 0.717) is 0 Å². The van der Waals surface area contributed by atoms with Crippen LogP contribution in [0.25, 0.3) is 0 Å². The van der Waals surface area contributed by atoms with E-state index in [0.717, 1.165) is 24.8 Å². The molecule has 0 aliphatic heterocycles. The highest BCUT2D eigenvalue weighted by Crippen LogP contribution is 2.71. The number of carbonyl (C=O) groups excluding carboxylic acids is 1. The van der Waals surface area contributed by atoms with Crippen molar-refractivity contribution >= 4 is 5.97 Å². The predicted molar refractivity (Wildman–Crippen MR) is 77.0 cm³/mol. The first-order valence-electron chi connectivity index (χ1n) is 7.70. The highest BCUT2D eigenvalue weighted by molar-refractivity contribution is 5.66. The number of ether oxygens (including phenoxy) is 1. The Morgan fingerprint density at radius 1 is 1.35 bits per heavy atom. The van der Waals surface area contributed by atoms with Crippen molar-refractivity contribution in [2.75, 3.05) is 0 Å². The molecule has 0 heterocycles. The van der Waals surface area contributed by atoms with Gasteiger partial charge in [0.2, 0.25) is 0 Å². The van der Waals surface area contributed by atoms with Crippen molar-refractivity contribution in [3.8, 4) is 0 Å². The number of fused-ring (bicyclic) bond motifs is 3. The van der Waals surface area contributed by atoms with Crippen LogP contribution in [-0.2, 0) is 9.53 Å². The summed E-state index contributed by atoms with van der Waals surface area (Å²) >= 11 is 0. The summed E-state index contributed by atoms with van der Waals surface area (Å²) in [5, 5.41) is 11.5. The Morgan fingerprint density at radius 3 is 2.60 bits per heavy atom. The molecule has 3 nitrogen and oxygen atoms in total. The van der Waals surface area contributed by atoms with Crippen LogP contribution in [0.3, 0.4) is 0 Å². The molecular weight excluding hydrogens is 252 g/mol. The van der Waals surface area contributed by atoms with Crippen LogP contribution in [-0.4, -0.2) is 22.8 Å². The molecule has 0 radical (unpaired) electrons. The quantitative estimate of drug-likeness (QED) is 0.592. The fourth-order valence-electron chi connectivity index (χ4n) is 5.83. The minimum atomic E-state index is -0.852. The average molecular weight is 278 g/mol. The van der Waals surface area contributed by atoms with Gasteiger partial charge in [0.25, 0.3) is 0 Å². The summed E-state index contributed by atoms with van der Waals surface area (Å²) < 4.78 is 5.38. The molecule has 3 heteroatoms.